The van der Waals surface area contributed by atoms with Gasteiger partial charge in [0.15, 0.2) is 0 Å². The fourth-order valence-corrected chi connectivity index (χ4v) is 3.29. The molecule has 0 aliphatic rings. The molecule has 0 saturated heterocycles. The highest BCUT2D eigenvalue weighted by Gasteiger charge is 2.65. The number of nitriles is 2. The zero-order valence-electron chi connectivity index (χ0n) is 14.3. The molecule has 0 spiro atoms. The Labute approximate surface area is 154 Å². The summed E-state index contributed by atoms with van der Waals surface area (Å²) >= 11 is 0.676. The summed E-state index contributed by atoms with van der Waals surface area (Å²) < 4.78 is 65.3. The molecule has 1 rings (SSSR count). The number of allylic oxidation sites excluding steroid dienone is 4. The van der Waals surface area contributed by atoms with Crippen LogP contribution in [-0.4, -0.2) is 0 Å². The van der Waals surface area contributed by atoms with Crippen LogP contribution in [0.5, 0.6) is 0 Å². The fraction of sp³-hybridized carbons (Fsp3) is 0.176. The highest BCUT2D eigenvalue weighted by molar-refractivity contribution is 8.45. The van der Waals surface area contributed by atoms with Crippen molar-refractivity contribution in [2.45, 2.75) is 30.6 Å². The molecule has 0 fully saturated rings. The molecule has 0 saturated carbocycles. The molecule has 0 unspecified atom stereocenters. The Morgan fingerprint density at radius 2 is 1.69 bits per heavy atom. The van der Waals surface area contributed by atoms with Crippen LogP contribution in [0.1, 0.15) is 31.9 Å². The third-order valence-corrected chi connectivity index (χ3v) is 4.94. The number of nitrogens with zero attached hydrogens (tertiary/aromatic N) is 2. The first-order valence-electron chi connectivity index (χ1n) is 7.22. The van der Waals surface area contributed by atoms with Crippen LogP contribution >= 0.6 is 22.0 Å². The summed E-state index contributed by atoms with van der Waals surface area (Å²) in [6.45, 7) is 9.02. The van der Waals surface area contributed by atoms with Gasteiger partial charge in [-0.2, -0.15) is 10.5 Å². The summed E-state index contributed by atoms with van der Waals surface area (Å²) in [5.41, 5.74) is -1.15. The van der Waals surface area contributed by atoms with Gasteiger partial charge < -0.3 is 0 Å². The van der Waals surface area contributed by atoms with E-state index in [2.05, 4.69) is 6.58 Å². The van der Waals surface area contributed by atoms with E-state index in [0.717, 1.165) is 0 Å². The lowest BCUT2D eigenvalue weighted by molar-refractivity contribution is 0.363. The SMILES string of the molecule is C=C/C=C\C(=C/C)Sc1cc(S(F)(F)(F)(F)F)cc(C#N)c1C#N.CC. The van der Waals surface area contributed by atoms with Gasteiger partial charge in [-0.3, -0.25) is 0 Å². The number of hydrogen-bond donors (Lipinski definition) is 0. The molecule has 2 nitrogen and oxygen atoms in total. The van der Waals surface area contributed by atoms with Gasteiger partial charge >= 0.3 is 10.2 Å². The largest absolute Gasteiger partial charge is 0.310 e. The molecule has 0 radical (unpaired) electrons. The second kappa shape index (κ2) is 7.98. The van der Waals surface area contributed by atoms with Crippen LogP contribution in [0.25, 0.3) is 0 Å². The molecule has 0 heterocycles. The minimum Gasteiger partial charge on any atom is -0.192 e. The summed E-state index contributed by atoms with van der Waals surface area (Å²) in [5, 5.41) is 18.0. The molecule has 26 heavy (non-hydrogen) atoms. The number of thioether (sulfide) groups is 1. The lowest BCUT2D eigenvalue weighted by Gasteiger charge is -2.40. The van der Waals surface area contributed by atoms with Crippen molar-refractivity contribution >= 4 is 22.0 Å². The van der Waals surface area contributed by atoms with Crippen LogP contribution < -0.4 is 0 Å². The number of benzene rings is 1. The second-order valence-electron chi connectivity index (χ2n) is 4.42. The van der Waals surface area contributed by atoms with E-state index in [-0.39, 0.29) is 22.6 Å². The van der Waals surface area contributed by atoms with Crippen LogP contribution in [0.2, 0.25) is 0 Å². The quantitative estimate of drug-likeness (QED) is 0.283. The fourth-order valence-electron chi connectivity index (χ4n) is 1.58. The monoisotopic (exact) mass is 408 g/mol. The van der Waals surface area contributed by atoms with E-state index in [1.807, 2.05) is 13.8 Å². The summed E-state index contributed by atoms with van der Waals surface area (Å²) in [6.07, 6.45) is 5.91. The standard InChI is InChI=1S/C15H11F5N2S2.C2H6/c1-3-5-6-12(4-2)23-15-8-13(24(16,17,18,19)20)7-11(9-21)14(15)10-22;1-2/h3-8H,1H2,2H3;1-2H3/b6-5-,12-4+;. The molecule has 1 aromatic rings. The molecular formula is C17H17F5N2S2. The Kier molecular flexibility index (Phi) is 7.30. The van der Waals surface area contributed by atoms with Crippen LogP contribution in [0.15, 0.2) is 57.7 Å². The van der Waals surface area contributed by atoms with Crippen molar-refractivity contribution in [1.29, 1.82) is 10.5 Å². The van der Waals surface area contributed by atoms with Gasteiger partial charge in [0.2, 0.25) is 0 Å². The molecule has 1 aromatic carbocycles. The van der Waals surface area contributed by atoms with Gasteiger partial charge in [0.05, 0.1) is 11.1 Å². The summed E-state index contributed by atoms with van der Waals surface area (Å²) in [5.74, 6) is 0. The summed E-state index contributed by atoms with van der Waals surface area (Å²) in [7, 11) is -9.98. The van der Waals surface area contributed by atoms with Crippen LogP contribution in [0.4, 0.5) is 19.4 Å². The average Bonchev–Trinajstić information content (AvgIpc) is 2.57. The topological polar surface area (TPSA) is 47.6 Å². The maximum Gasteiger partial charge on any atom is 0.310 e. The van der Waals surface area contributed by atoms with Crippen molar-refractivity contribution in [2.24, 2.45) is 0 Å². The third kappa shape index (κ3) is 6.58. The highest BCUT2D eigenvalue weighted by Crippen LogP contribution is 3.02. The van der Waals surface area contributed by atoms with E-state index in [1.165, 1.54) is 30.4 Å². The van der Waals surface area contributed by atoms with Gasteiger partial charge in [-0.15, -0.1) is 0 Å². The Balaban J connectivity index is 0.00000301. The maximum atomic E-state index is 13.1. The molecule has 0 aliphatic heterocycles. The van der Waals surface area contributed by atoms with Crippen molar-refractivity contribution < 1.29 is 19.4 Å². The van der Waals surface area contributed by atoms with Crippen molar-refractivity contribution in [1.82, 2.24) is 0 Å². The smallest absolute Gasteiger partial charge is 0.192 e. The van der Waals surface area contributed by atoms with Crippen molar-refractivity contribution in [3.05, 3.63) is 59.0 Å². The zero-order chi connectivity index (χ0) is 20.7. The predicted molar refractivity (Wildman–Crippen MR) is 97.6 cm³/mol. The first-order valence-corrected chi connectivity index (χ1v) is 9.98. The van der Waals surface area contributed by atoms with Crippen LogP contribution in [0, 0.1) is 22.7 Å². The number of hydrogen-bond acceptors (Lipinski definition) is 3. The van der Waals surface area contributed by atoms with E-state index in [4.69, 9.17) is 10.5 Å². The van der Waals surface area contributed by atoms with Crippen molar-refractivity contribution in [3.8, 4) is 12.1 Å². The van der Waals surface area contributed by atoms with Crippen LogP contribution in [0.3, 0.4) is 0 Å². The normalized spacial score (nSPS) is 14.3. The van der Waals surface area contributed by atoms with Crippen molar-refractivity contribution in [2.75, 3.05) is 0 Å². The van der Waals surface area contributed by atoms with E-state index >= 15 is 0 Å². The lowest BCUT2D eigenvalue weighted by atomic mass is 10.1. The Hall–Kier alpha value is -2.23. The minimum atomic E-state index is -9.98. The van der Waals surface area contributed by atoms with Gasteiger partial charge in [0.1, 0.15) is 17.0 Å². The molecule has 0 aromatic heterocycles. The Morgan fingerprint density at radius 1 is 1.12 bits per heavy atom. The van der Waals surface area contributed by atoms with E-state index < -0.39 is 20.7 Å². The minimum absolute atomic E-state index is 0.0130. The number of halogens is 5. The zero-order valence-corrected chi connectivity index (χ0v) is 15.9. The molecule has 0 bridgehead atoms. The van der Waals surface area contributed by atoms with Gasteiger partial charge in [-0.05, 0) is 25.1 Å². The van der Waals surface area contributed by atoms with Gasteiger partial charge in [-0.25, -0.2) is 0 Å². The molecule has 0 atom stereocenters. The highest BCUT2D eigenvalue weighted by atomic mass is 32.5. The van der Waals surface area contributed by atoms with Gasteiger partial charge in [-0.1, -0.05) is 69.8 Å². The molecule has 0 N–H and O–H groups in total. The predicted octanol–water partition coefficient (Wildman–Crippen LogP) is 7.85. The molecule has 0 amide bonds. The molecule has 9 heteroatoms. The van der Waals surface area contributed by atoms with E-state index in [9.17, 15) is 19.4 Å². The summed E-state index contributed by atoms with van der Waals surface area (Å²) in [6, 6.07) is 3.17. The van der Waals surface area contributed by atoms with Gasteiger partial charge in [0, 0.05) is 9.80 Å². The lowest BCUT2D eigenvalue weighted by Crippen LogP contribution is -2.07. The van der Waals surface area contributed by atoms with Gasteiger partial charge in [0.25, 0.3) is 0 Å². The number of rotatable bonds is 5. The first kappa shape index (κ1) is 23.8. The van der Waals surface area contributed by atoms with Crippen LogP contribution in [-0.2, 0) is 0 Å². The molecule has 142 valence electrons. The third-order valence-electron chi connectivity index (χ3n) is 2.66. The molecular weight excluding hydrogens is 391 g/mol. The molecule has 0 aliphatic carbocycles. The first-order chi connectivity index (χ1) is 11.9. The maximum absolute atomic E-state index is 13.1. The van der Waals surface area contributed by atoms with Crippen molar-refractivity contribution in [3.63, 3.8) is 0 Å². The Bertz CT molecular complexity index is 826. The second-order valence-corrected chi connectivity index (χ2v) is 7.95. The summed E-state index contributed by atoms with van der Waals surface area (Å²) in [4.78, 5) is -2.17. The van der Waals surface area contributed by atoms with E-state index in [1.54, 1.807) is 13.0 Å². The Morgan fingerprint density at radius 3 is 2.08 bits per heavy atom. The average molecular weight is 408 g/mol. The van der Waals surface area contributed by atoms with E-state index in [0.29, 0.717) is 16.7 Å².